The summed E-state index contributed by atoms with van der Waals surface area (Å²) < 4.78 is 23.3. The number of nitrogens with zero attached hydrogens (tertiary/aromatic N) is 1. The number of benzene rings is 1. The molecule has 112 valence electrons. The number of sulfonamides is 1. The summed E-state index contributed by atoms with van der Waals surface area (Å²) in [5.41, 5.74) is 9.70. The Labute approximate surface area is 120 Å². The predicted octanol–water partition coefficient (Wildman–Crippen LogP) is 1.51. The van der Waals surface area contributed by atoms with Gasteiger partial charge in [0.1, 0.15) is 4.90 Å². The second kappa shape index (κ2) is 5.59. The molecule has 0 amide bonds. The number of piperidine rings is 1. The zero-order valence-corrected chi connectivity index (χ0v) is 12.7. The quantitative estimate of drug-likeness (QED) is 0.734. The van der Waals surface area contributed by atoms with E-state index in [0.29, 0.717) is 23.5 Å². The number of nitrogens with one attached hydrogen (secondary N) is 1. The third-order valence-electron chi connectivity index (χ3n) is 3.76. The van der Waals surface area contributed by atoms with Crippen molar-refractivity contribution in [2.45, 2.75) is 50.1 Å². The van der Waals surface area contributed by atoms with Crippen molar-refractivity contribution in [3.63, 3.8) is 0 Å². The molecular weight excluding hydrogens is 276 g/mol. The molecule has 1 aliphatic heterocycles. The van der Waals surface area contributed by atoms with Crippen LogP contribution in [0.4, 0.5) is 11.4 Å². The third kappa shape index (κ3) is 3.23. The first-order valence-corrected chi connectivity index (χ1v) is 8.31. The highest BCUT2D eigenvalue weighted by atomic mass is 32.2. The van der Waals surface area contributed by atoms with Crippen molar-refractivity contribution in [1.29, 1.82) is 0 Å². The summed E-state index contributed by atoms with van der Waals surface area (Å²) in [5, 5.41) is 7.35. The van der Waals surface area contributed by atoms with Gasteiger partial charge in [-0.2, -0.15) is 0 Å². The standard InChI is InChI=1S/C13H22N4O2S/c1-9-4-3-5-10(2)17(9)16-12-7-6-11(14)8-13(12)20(15,18)19/h6-10,16H,3-5,14H2,1-2H3,(H2,15,18,19). The number of nitrogens with two attached hydrogens (primary N) is 2. The molecule has 1 saturated heterocycles. The van der Waals surface area contributed by atoms with Crippen LogP contribution in [-0.2, 0) is 10.0 Å². The molecule has 0 saturated carbocycles. The summed E-state index contributed by atoms with van der Waals surface area (Å²) in [7, 11) is -3.81. The highest BCUT2D eigenvalue weighted by Gasteiger charge is 2.26. The van der Waals surface area contributed by atoms with Crippen LogP contribution in [0, 0.1) is 0 Å². The Hall–Kier alpha value is -1.31. The van der Waals surface area contributed by atoms with Crippen LogP contribution in [0.2, 0.25) is 0 Å². The zero-order chi connectivity index (χ0) is 14.9. The molecule has 0 radical (unpaired) electrons. The topological polar surface area (TPSA) is 101 Å². The lowest BCUT2D eigenvalue weighted by Gasteiger charge is -2.39. The van der Waals surface area contributed by atoms with E-state index in [2.05, 4.69) is 24.3 Å². The molecule has 0 bridgehead atoms. The van der Waals surface area contributed by atoms with Crippen LogP contribution in [-0.4, -0.2) is 25.5 Å². The van der Waals surface area contributed by atoms with Crippen LogP contribution in [0.25, 0.3) is 0 Å². The SMILES string of the molecule is CC1CCCC(C)N1Nc1ccc(N)cc1S(N)(=O)=O. The summed E-state index contributed by atoms with van der Waals surface area (Å²) >= 11 is 0. The van der Waals surface area contributed by atoms with Crippen molar-refractivity contribution >= 4 is 21.4 Å². The number of hydrogen-bond acceptors (Lipinski definition) is 5. The van der Waals surface area contributed by atoms with Gasteiger partial charge in [0, 0.05) is 17.8 Å². The first kappa shape index (κ1) is 15.1. The second-order valence-corrected chi connectivity index (χ2v) is 6.98. The van der Waals surface area contributed by atoms with Crippen molar-refractivity contribution in [2.24, 2.45) is 5.14 Å². The predicted molar refractivity (Wildman–Crippen MR) is 80.5 cm³/mol. The molecule has 1 fully saturated rings. The maximum absolute atomic E-state index is 11.7. The van der Waals surface area contributed by atoms with Gasteiger partial charge in [-0.05, 0) is 44.9 Å². The van der Waals surface area contributed by atoms with E-state index in [9.17, 15) is 8.42 Å². The van der Waals surface area contributed by atoms with Gasteiger partial charge >= 0.3 is 0 Å². The van der Waals surface area contributed by atoms with Crippen LogP contribution in [0.5, 0.6) is 0 Å². The van der Waals surface area contributed by atoms with Gasteiger partial charge in [-0.15, -0.1) is 0 Å². The van der Waals surface area contributed by atoms with Crippen molar-refractivity contribution in [3.05, 3.63) is 18.2 Å². The Bertz CT molecular complexity index is 578. The maximum Gasteiger partial charge on any atom is 0.240 e. The van der Waals surface area contributed by atoms with Gasteiger partial charge in [0.25, 0.3) is 0 Å². The van der Waals surface area contributed by atoms with Gasteiger partial charge < -0.3 is 11.2 Å². The zero-order valence-electron chi connectivity index (χ0n) is 11.8. The van der Waals surface area contributed by atoms with Gasteiger partial charge in [-0.25, -0.2) is 18.6 Å². The average molecular weight is 298 g/mol. The molecule has 2 rings (SSSR count). The molecule has 1 aromatic carbocycles. The number of anilines is 2. The van der Waals surface area contributed by atoms with Crippen LogP contribution >= 0.6 is 0 Å². The van der Waals surface area contributed by atoms with Gasteiger partial charge in [-0.3, -0.25) is 0 Å². The lowest BCUT2D eigenvalue weighted by Crippen LogP contribution is -2.47. The van der Waals surface area contributed by atoms with Crippen molar-refractivity contribution in [1.82, 2.24) is 5.01 Å². The van der Waals surface area contributed by atoms with Gasteiger partial charge in [0.05, 0.1) is 5.69 Å². The molecule has 1 aliphatic rings. The first-order valence-electron chi connectivity index (χ1n) is 6.76. The summed E-state index contributed by atoms with van der Waals surface area (Å²) in [6.07, 6.45) is 3.35. The summed E-state index contributed by atoms with van der Waals surface area (Å²) in [6, 6.07) is 5.38. The first-order chi connectivity index (χ1) is 9.29. The van der Waals surface area contributed by atoms with Crippen molar-refractivity contribution < 1.29 is 8.42 Å². The fraction of sp³-hybridized carbons (Fsp3) is 0.538. The number of primary sulfonamides is 1. The minimum absolute atomic E-state index is 0.0301. The molecule has 2 atom stereocenters. The largest absolute Gasteiger partial charge is 0.399 e. The minimum Gasteiger partial charge on any atom is -0.399 e. The van der Waals surface area contributed by atoms with Gasteiger partial charge in [0.15, 0.2) is 0 Å². The van der Waals surface area contributed by atoms with E-state index in [-0.39, 0.29) is 4.90 Å². The van der Waals surface area contributed by atoms with E-state index in [1.54, 1.807) is 12.1 Å². The van der Waals surface area contributed by atoms with Crippen LogP contribution < -0.4 is 16.3 Å². The number of nitrogen functional groups attached to an aromatic ring is 1. The highest BCUT2D eigenvalue weighted by molar-refractivity contribution is 7.89. The fourth-order valence-corrected chi connectivity index (χ4v) is 3.37. The Balaban J connectivity index is 2.33. The second-order valence-electron chi connectivity index (χ2n) is 5.45. The lowest BCUT2D eigenvalue weighted by molar-refractivity contribution is 0.135. The monoisotopic (exact) mass is 298 g/mol. The Morgan fingerprint density at radius 2 is 1.85 bits per heavy atom. The number of hydrogen-bond donors (Lipinski definition) is 3. The summed E-state index contributed by atoms with van der Waals surface area (Å²) in [4.78, 5) is 0.0301. The van der Waals surface area contributed by atoms with Crippen molar-refractivity contribution in [2.75, 3.05) is 11.2 Å². The number of rotatable bonds is 3. The van der Waals surface area contributed by atoms with E-state index in [1.165, 1.54) is 12.5 Å². The average Bonchev–Trinajstić information content (AvgIpc) is 2.34. The van der Waals surface area contributed by atoms with E-state index >= 15 is 0 Å². The molecular formula is C13H22N4O2S. The van der Waals surface area contributed by atoms with E-state index in [4.69, 9.17) is 10.9 Å². The molecule has 6 nitrogen and oxygen atoms in total. The Morgan fingerprint density at radius 1 is 1.25 bits per heavy atom. The van der Waals surface area contributed by atoms with Crippen LogP contribution in [0.1, 0.15) is 33.1 Å². The lowest BCUT2D eigenvalue weighted by atomic mass is 10.00. The Morgan fingerprint density at radius 3 is 2.40 bits per heavy atom. The van der Waals surface area contributed by atoms with Gasteiger partial charge in [0.2, 0.25) is 10.0 Å². The van der Waals surface area contributed by atoms with E-state index in [0.717, 1.165) is 12.8 Å². The fourth-order valence-electron chi connectivity index (χ4n) is 2.65. The molecule has 5 N–H and O–H groups in total. The smallest absolute Gasteiger partial charge is 0.240 e. The molecule has 0 aromatic heterocycles. The molecule has 20 heavy (non-hydrogen) atoms. The molecule has 1 aromatic rings. The van der Waals surface area contributed by atoms with Gasteiger partial charge in [-0.1, -0.05) is 6.42 Å². The third-order valence-corrected chi connectivity index (χ3v) is 4.71. The van der Waals surface area contributed by atoms with Crippen LogP contribution in [0.3, 0.4) is 0 Å². The number of hydrazine groups is 1. The van der Waals surface area contributed by atoms with E-state index in [1.807, 2.05) is 0 Å². The minimum atomic E-state index is -3.81. The molecule has 7 heteroatoms. The maximum atomic E-state index is 11.7. The highest BCUT2D eigenvalue weighted by Crippen LogP contribution is 2.27. The molecule has 0 aliphatic carbocycles. The molecule has 2 unspecified atom stereocenters. The summed E-state index contributed by atoms with van der Waals surface area (Å²) in [5.74, 6) is 0. The Kier molecular flexibility index (Phi) is 4.22. The van der Waals surface area contributed by atoms with E-state index < -0.39 is 10.0 Å². The molecule has 1 heterocycles. The summed E-state index contributed by atoms with van der Waals surface area (Å²) in [6.45, 7) is 4.24. The normalized spacial score (nSPS) is 24.6. The molecule has 0 spiro atoms. The van der Waals surface area contributed by atoms with Crippen molar-refractivity contribution in [3.8, 4) is 0 Å². The van der Waals surface area contributed by atoms with Crippen LogP contribution in [0.15, 0.2) is 23.1 Å².